The van der Waals surface area contributed by atoms with E-state index in [-0.39, 0.29) is 11.3 Å². The number of nitrogens with zero attached hydrogens (tertiary/aromatic N) is 1. The molecule has 3 rings (SSSR count). The summed E-state index contributed by atoms with van der Waals surface area (Å²) in [6.07, 6.45) is 13.8. The van der Waals surface area contributed by atoms with Gasteiger partial charge in [0.05, 0.1) is 11.3 Å². The highest BCUT2D eigenvalue weighted by Crippen LogP contribution is 2.31. The Kier molecular flexibility index (Phi) is 15.9. The largest absolute Gasteiger partial charge is 0.381 e. The molecule has 208 valence electrons. The zero-order chi connectivity index (χ0) is 28.5. The summed E-state index contributed by atoms with van der Waals surface area (Å²) >= 11 is 1.37. The molecule has 0 radical (unpaired) electrons. The van der Waals surface area contributed by atoms with E-state index in [1.54, 1.807) is 12.1 Å². The van der Waals surface area contributed by atoms with Crippen LogP contribution in [0.15, 0.2) is 47.4 Å². The number of Topliss-reactive ketones (excluding diaryl/α,β-unsaturated/α-hetero) is 1. The first-order valence-corrected chi connectivity index (χ1v) is 14.4. The third-order valence-corrected chi connectivity index (χ3v) is 6.25. The van der Waals surface area contributed by atoms with E-state index < -0.39 is 0 Å². The lowest BCUT2D eigenvalue weighted by Gasteiger charge is -2.09. The molecule has 7 heteroatoms. The Balaban J connectivity index is 0.000000467. The average Bonchev–Trinajstić information content (AvgIpc) is 3.51. The topological polar surface area (TPSA) is 87.8 Å². The molecular weight excluding hydrogens is 494 g/mol. The predicted molar refractivity (Wildman–Crippen MR) is 163 cm³/mol. The minimum Gasteiger partial charge on any atom is -0.381 e. The van der Waals surface area contributed by atoms with Crippen LogP contribution >= 0.6 is 11.3 Å². The molecule has 0 aliphatic rings. The van der Waals surface area contributed by atoms with Gasteiger partial charge in [0.15, 0.2) is 5.78 Å². The monoisotopic (exact) mass is 539 g/mol. The van der Waals surface area contributed by atoms with E-state index in [2.05, 4.69) is 56.1 Å². The van der Waals surface area contributed by atoms with Gasteiger partial charge in [0, 0.05) is 53.4 Å². The second kappa shape index (κ2) is 18.3. The molecule has 1 atom stereocenters. The molecular formula is C31H45N3O3S. The van der Waals surface area contributed by atoms with Gasteiger partial charge in [0.2, 0.25) is 0 Å². The number of pyridine rings is 1. The van der Waals surface area contributed by atoms with Crippen LogP contribution in [0, 0.1) is 12.8 Å². The molecule has 0 bridgehead atoms. The van der Waals surface area contributed by atoms with Crippen molar-refractivity contribution in [3.63, 3.8) is 0 Å². The molecule has 3 aromatic heterocycles. The second-order valence-electron chi connectivity index (χ2n) is 9.24. The highest BCUT2D eigenvalue weighted by atomic mass is 32.1. The lowest BCUT2D eigenvalue weighted by molar-refractivity contribution is 0.101. The minimum atomic E-state index is -0.261. The van der Waals surface area contributed by atoms with E-state index in [0.717, 1.165) is 48.1 Å². The van der Waals surface area contributed by atoms with Gasteiger partial charge >= 0.3 is 0 Å². The Labute approximate surface area is 232 Å². The third kappa shape index (κ3) is 10.8. The standard InChI is InChI=1S/C19H17N3O2S.C9H20O.C3H8/c1-4-5-6-14-11(2)20-9-16(14)17-10-25-19(22-17)15-7-13(12(3)23)8-21-18(15)24;1-4-6-9(3)8-10-7-5-2;1-3-2/h4-10,20H,1H2,2-3H3,(H,21,24);9H,4-8H2,1-3H3;3H2,1-2H3/b6-5-;;. The normalized spacial score (nSPS) is 11.3. The molecule has 0 saturated heterocycles. The first-order valence-electron chi connectivity index (χ1n) is 13.5. The summed E-state index contributed by atoms with van der Waals surface area (Å²) in [4.78, 5) is 34.1. The van der Waals surface area contributed by atoms with Crippen LogP contribution < -0.4 is 5.56 Å². The fourth-order valence-electron chi connectivity index (χ4n) is 3.50. The number of thiazole rings is 1. The number of aromatic nitrogens is 3. The number of H-pyrrole nitrogens is 2. The fraction of sp³-hybridized carbons (Fsp3) is 0.452. The number of carbonyl (C=O) groups excluding carboxylic acids is 1. The molecule has 2 N–H and O–H groups in total. The SMILES string of the molecule is C=C/C=C\c1c(-c2csc(-c3cc(C(C)=O)c[nH]c3=O)n2)c[nH]c1C.CCC.CCCOCC(C)CCC. The molecule has 0 fully saturated rings. The highest BCUT2D eigenvalue weighted by molar-refractivity contribution is 7.13. The van der Waals surface area contributed by atoms with Crippen molar-refractivity contribution in [2.24, 2.45) is 5.92 Å². The molecule has 6 nitrogen and oxygen atoms in total. The molecule has 3 heterocycles. The fourth-order valence-corrected chi connectivity index (χ4v) is 4.33. The average molecular weight is 540 g/mol. The molecule has 3 aromatic rings. The second-order valence-corrected chi connectivity index (χ2v) is 10.1. The van der Waals surface area contributed by atoms with Gasteiger partial charge in [0.25, 0.3) is 5.56 Å². The molecule has 0 aliphatic carbocycles. The van der Waals surface area contributed by atoms with Crippen LogP contribution in [-0.4, -0.2) is 33.9 Å². The molecule has 1 unspecified atom stereocenters. The lowest BCUT2D eigenvalue weighted by atomic mass is 10.1. The molecule has 38 heavy (non-hydrogen) atoms. The first kappa shape index (κ1) is 33.0. The Morgan fingerprint density at radius 1 is 1.16 bits per heavy atom. The maximum Gasteiger partial charge on any atom is 0.258 e. The number of aryl methyl sites for hydroxylation is 1. The number of ether oxygens (including phenoxy) is 1. The number of ketones is 1. The van der Waals surface area contributed by atoms with Crippen LogP contribution in [0.3, 0.4) is 0 Å². The van der Waals surface area contributed by atoms with Gasteiger partial charge in [-0.25, -0.2) is 4.98 Å². The van der Waals surface area contributed by atoms with E-state index in [9.17, 15) is 9.59 Å². The zero-order valence-electron chi connectivity index (χ0n) is 24.1. The van der Waals surface area contributed by atoms with E-state index in [1.807, 2.05) is 30.7 Å². The maximum atomic E-state index is 12.1. The Morgan fingerprint density at radius 2 is 1.87 bits per heavy atom. The van der Waals surface area contributed by atoms with Crippen LogP contribution in [-0.2, 0) is 4.74 Å². The van der Waals surface area contributed by atoms with Crippen LogP contribution in [0.1, 0.15) is 88.8 Å². The van der Waals surface area contributed by atoms with E-state index in [1.165, 1.54) is 43.7 Å². The Morgan fingerprint density at radius 3 is 2.47 bits per heavy atom. The van der Waals surface area contributed by atoms with Gasteiger partial charge in [-0.1, -0.05) is 72.3 Å². The van der Waals surface area contributed by atoms with Crippen molar-refractivity contribution in [2.45, 2.75) is 74.1 Å². The molecule has 0 amide bonds. The number of carbonyl (C=O) groups is 1. The highest BCUT2D eigenvalue weighted by Gasteiger charge is 2.15. The van der Waals surface area contributed by atoms with Crippen LogP contribution in [0.25, 0.3) is 27.9 Å². The van der Waals surface area contributed by atoms with Crippen molar-refractivity contribution >= 4 is 23.2 Å². The molecule has 0 aromatic carbocycles. The number of nitrogens with one attached hydrogen (secondary N) is 2. The van der Waals surface area contributed by atoms with Crippen molar-refractivity contribution in [2.75, 3.05) is 13.2 Å². The van der Waals surface area contributed by atoms with Gasteiger partial charge < -0.3 is 14.7 Å². The van der Waals surface area contributed by atoms with E-state index in [4.69, 9.17) is 4.74 Å². The summed E-state index contributed by atoms with van der Waals surface area (Å²) < 4.78 is 5.40. The molecule has 0 saturated carbocycles. The van der Waals surface area contributed by atoms with Gasteiger partial charge in [-0.3, -0.25) is 9.59 Å². The van der Waals surface area contributed by atoms with Gasteiger partial charge in [-0.2, -0.15) is 0 Å². The quantitative estimate of drug-likeness (QED) is 0.145. The third-order valence-electron chi connectivity index (χ3n) is 5.38. The summed E-state index contributed by atoms with van der Waals surface area (Å²) in [7, 11) is 0. The van der Waals surface area contributed by atoms with Gasteiger partial charge in [-0.05, 0) is 38.7 Å². The molecule has 0 spiro atoms. The van der Waals surface area contributed by atoms with Crippen LogP contribution in [0.5, 0.6) is 0 Å². The van der Waals surface area contributed by atoms with Gasteiger partial charge in [-0.15, -0.1) is 11.3 Å². The van der Waals surface area contributed by atoms with Crippen molar-refractivity contribution in [1.82, 2.24) is 15.0 Å². The van der Waals surface area contributed by atoms with Crippen molar-refractivity contribution in [3.8, 4) is 21.8 Å². The zero-order valence-corrected chi connectivity index (χ0v) is 25.0. The van der Waals surface area contributed by atoms with E-state index >= 15 is 0 Å². The Hall–Kier alpha value is -3.03. The van der Waals surface area contributed by atoms with Crippen LogP contribution in [0.4, 0.5) is 0 Å². The maximum absolute atomic E-state index is 12.1. The number of aromatic amines is 2. The summed E-state index contributed by atoms with van der Waals surface area (Å²) in [5, 5.41) is 2.49. The summed E-state index contributed by atoms with van der Waals surface area (Å²) in [6, 6.07) is 1.59. The van der Waals surface area contributed by atoms with Crippen molar-refractivity contribution < 1.29 is 9.53 Å². The number of hydrogen-bond donors (Lipinski definition) is 2. The summed E-state index contributed by atoms with van der Waals surface area (Å²) in [6.45, 7) is 19.9. The number of allylic oxidation sites excluding steroid dienone is 2. The molecule has 0 aliphatic heterocycles. The first-order chi connectivity index (χ1) is 18.2. The number of rotatable bonds is 11. The predicted octanol–water partition coefficient (Wildman–Crippen LogP) is 8.47. The lowest BCUT2D eigenvalue weighted by Crippen LogP contribution is -2.10. The smallest absolute Gasteiger partial charge is 0.258 e. The minimum absolute atomic E-state index is 0.104. The van der Waals surface area contributed by atoms with Crippen LogP contribution in [0.2, 0.25) is 0 Å². The van der Waals surface area contributed by atoms with E-state index in [0.29, 0.717) is 16.1 Å². The summed E-state index contributed by atoms with van der Waals surface area (Å²) in [5.41, 5.74) is 4.39. The Bertz CT molecular complexity index is 1200. The van der Waals surface area contributed by atoms with Crippen molar-refractivity contribution in [3.05, 3.63) is 69.7 Å². The summed E-state index contributed by atoms with van der Waals surface area (Å²) in [5.74, 6) is 0.643. The number of hydrogen-bond acceptors (Lipinski definition) is 5. The van der Waals surface area contributed by atoms with Gasteiger partial charge in [0.1, 0.15) is 5.01 Å². The van der Waals surface area contributed by atoms with Crippen molar-refractivity contribution in [1.29, 1.82) is 0 Å².